The molecule has 2 amide bonds. The van der Waals surface area contributed by atoms with E-state index < -0.39 is 0 Å². The minimum atomic E-state index is -0.188. The summed E-state index contributed by atoms with van der Waals surface area (Å²) in [5.74, 6) is -0.326. The minimum Gasteiger partial charge on any atom is -0.375 e. The van der Waals surface area contributed by atoms with Gasteiger partial charge in [0.25, 0.3) is 0 Å². The zero-order chi connectivity index (χ0) is 15.9. The number of anilines is 3. The van der Waals surface area contributed by atoms with E-state index >= 15 is 0 Å². The van der Waals surface area contributed by atoms with Crippen molar-refractivity contribution in [1.82, 2.24) is 0 Å². The van der Waals surface area contributed by atoms with Gasteiger partial charge in [0.2, 0.25) is 11.8 Å². The van der Waals surface area contributed by atoms with Crippen LogP contribution in [0.2, 0.25) is 5.02 Å². The Morgan fingerprint density at radius 3 is 2.14 bits per heavy atom. The number of benzene rings is 2. The van der Waals surface area contributed by atoms with Crippen molar-refractivity contribution in [3.63, 3.8) is 0 Å². The molecule has 2 aromatic carbocycles. The molecule has 0 saturated carbocycles. The Labute approximate surface area is 133 Å². The maximum atomic E-state index is 11.9. The number of hydrogen-bond acceptors (Lipinski definition) is 3. The molecule has 0 fully saturated rings. The highest BCUT2D eigenvalue weighted by Crippen LogP contribution is 2.20. The summed E-state index contributed by atoms with van der Waals surface area (Å²) in [6.45, 7) is 1.55. The van der Waals surface area contributed by atoms with E-state index in [1.54, 1.807) is 36.4 Å². The Hall–Kier alpha value is -2.53. The van der Waals surface area contributed by atoms with E-state index in [2.05, 4.69) is 16.0 Å². The molecular weight excluding hydrogens is 302 g/mol. The van der Waals surface area contributed by atoms with E-state index in [0.29, 0.717) is 22.1 Å². The van der Waals surface area contributed by atoms with Crippen molar-refractivity contribution in [2.45, 2.75) is 6.92 Å². The van der Waals surface area contributed by atoms with Gasteiger partial charge in [-0.25, -0.2) is 0 Å². The van der Waals surface area contributed by atoms with Crippen LogP contribution in [0.1, 0.15) is 6.92 Å². The fourth-order valence-electron chi connectivity index (χ4n) is 1.83. The second-order valence-corrected chi connectivity index (χ2v) is 5.05. The molecule has 2 rings (SSSR count). The van der Waals surface area contributed by atoms with Crippen molar-refractivity contribution in [3.8, 4) is 0 Å². The molecule has 0 unspecified atom stereocenters. The summed E-state index contributed by atoms with van der Waals surface area (Å²) in [4.78, 5) is 22.8. The molecule has 0 aromatic heterocycles. The third-order valence-corrected chi connectivity index (χ3v) is 3.13. The molecule has 0 aliphatic carbocycles. The van der Waals surface area contributed by atoms with Crippen molar-refractivity contribution in [2.75, 3.05) is 22.5 Å². The van der Waals surface area contributed by atoms with Gasteiger partial charge in [-0.05, 0) is 36.4 Å². The average Bonchev–Trinajstić information content (AvgIpc) is 2.48. The molecule has 0 spiro atoms. The quantitative estimate of drug-likeness (QED) is 0.792. The lowest BCUT2D eigenvalue weighted by atomic mass is 10.2. The monoisotopic (exact) mass is 317 g/mol. The van der Waals surface area contributed by atoms with E-state index in [1.807, 2.05) is 12.1 Å². The highest BCUT2D eigenvalue weighted by molar-refractivity contribution is 6.33. The topological polar surface area (TPSA) is 70.2 Å². The van der Waals surface area contributed by atoms with Gasteiger partial charge in [0.1, 0.15) is 0 Å². The number of hydrogen-bond donors (Lipinski definition) is 3. The molecule has 0 saturated heterocycles. The van der Waals surface area contributed by atoms with Gasteiger partial charge in [-0.1, -0.05) is 23.7 Å². The Morgan fingerprint density at radius 2 is 1.55 bits per heavy atom. The van der Waals surface area contributed by atoms with E-state index in [1.165, 1.54) is 6.92 Å². The van der Waals surface area contributed by atoms with Crippen molar-refractivity contribution in [3.05, 3.63) is 53.6 Å². The fraction of sp³-hybridized carbons (Fsp3) is 0.125. The van der Waals surface area contributed by atoms with E-state index in [-0.39, 0.29) is 18.4 Å². The largest absolute Gasteiger partial charge is 0.375 e. The summed E-state index contributed by atoms with van der Waals surface area (Å²) in [6.07, 6.45) is 0. The Morgan fingerprint density at radius 1 is 0.955 bits per heavy atom. The standard InChI is InChI=1S/C16H16ClN3O2/c1-11(21)19-12-6-8-13(9-7-12)20-16(22)10-18-15-5-3-2-4-14(15)17/h2-9,18H,10H2,1H3,(H,19,21)(H,20,22). The summed E-state index contributed by atoms with van der Waals surface area (Å²) in [7, 11) is 0. The van der Waals surface area contributed by atoms with Gasteiger partial charge in [0.15, 0.2) is 0 Å². The predicted octanol–water partition coefficient (Wildman–Crippen LogP) is 3.35. The van der Waals surface area contributed by atoms with Gasteiger partial charge in [-0.15, -0.1) is 0 Å². The molecule has 0 aliphatic heterocycles. The van der Waals surface area contributed by atoms with Crippen LogP contribution in [0.15, 0.2) is 48.5 Å². The maximum absolute atomic E-state index is 11.9. The van der Waals surface area contributed by atoms with E-state index in [4.69, 9.17) is 11.6 Å². The van der Waals surface area contributed by atoms with Crippen LogP contribution in [0.25, 0.3) is 0 Å². The van der Waals surface area contributed by atoms with Gasteiger partial charge in [-0.3, -0.25) is 9.59 Å². The van der Waals surface area contributed by atoms with Crippen LogP contribution in [-0.2, 0) is 9.59 Å². The molecule has 22 heavy (non-hydrogen) atoms. The van der Waals surface area contributed by atoms with Crippen molar-refractivity contribution < 1.29 is 9.59 Å². The molecule has 2 aromatic rings. The molecule has 3 N–H and O–H groups in total. The lowest BCUT2D eigenvalue weighted by molar-refractivity contribution is -0.115. The van der Waals surface area contributed by atoms with Gasteiger partial charge < -0.3 is 16.0 Å². The number of para-hydroxylation sites is 1. The summed E-state index contributed by atoms with van der Waals surface area (Å²) in [6, 6.07) is 14.1. The number of rotatable bonds is 5. The molecule has 0 aliphatic rings. The summed E-state index contributed by atoms with van der Waals surface area (Å²) in [5.41, 5.74) is 2.04. The molecule has 5 nitrogen and oxygen atoms in total. The number of nitrogens with one attached hydrogen (secondary N) is 3. The summed E-state index contributed by atoms with van der Waals surface area (Å²) in [5, 5.41) is 8.95. The zero-order valence-electron chi connectivity index (χ0n) is 12.0. The van der Waals surface area contributed by atoms with E-state index in [0.717, 1.165) is 0 Å². The van der Waals surface area contributed by atoms with Crippen molar-refractivity contribution >= 4 is 40.5 Å². The zero-order valence-corrected chi connectivity index (χ0v) is 12.8. The number of amides is 2. The second kappa shape index (κ2) is 7.47. The first-order valence-corrected chi connectivity index (χ1v) is 7.08. The maximum Gasteiger partial charge on any atom is 0.243 e. The van der Waals surface area contributed by atoms with Crippen molar-refractivity contribution in [2.24, 2.45) is 0 Å². The minimum absolute atomic E-state index is 0.108. The van der Waals surface area contributed by atoms with Crippen LogP contribution >= 0.6 is 11.6 Å². The summed E-state index contributed by atoms with van der Waals surface area (Å²) < 4.78 is 0. The van der Waals surface area contributed by atoms with Crippen LogP contribution in [0, 0.1) is 0 Å². The molecule has 0 bridgehead atoms. The average molecular weight is 318 g/mol. The van der Waals surface area contributed by atoms with Gasteiger partial charge >= 0.3 is 0 Å². The normalized spacial score (nSPS) is 9.91. The smallest absolute Gasteiger partial charge is 0.243 e. The van der Waals surface area contributed by atoms with Gasteiger partial charge in [-0.2, -0.15) is 0 Å². The third-order valence-electron chi connectivity index (χ3n) is 2.80. The second-order valence-electron chi connectivity index (χ2n) is 4.64. The van der Waals surface area contributed by atoms with Gasteiger partial charge in [0.05, 0.1) is 17.3 Å². The number of carbonyl (C=O) groups excluding carboxylic acids is 2. The van der Waals surface area contributed by atoms with E-state index in [9.17, 15) is 9.59 Å². The van der Waals surface area contributed by atoms with Gasteiger partial charge in [0, 0.05) is 18.3 Å². The SMILES string of the molecule is CC(=O)Nc1ccc(NC(=O)CNc2ccccc2Cl)cc1. The molecular formula is C16H16ClN3O2. The molecule has 114 valence electrons. The molecule has 0 heterocycles. The molecule has 6 heteroatoms. The Bertz CT molecular complexity index is 671. The first kappa shape index (κ1) is 15.9. The third kappa shape index (κ3) is 4.79. The lowest BCUT2D eigenvalue weighted by Gasteiger charge is -2.09. The van der Waals surface area contributed by atoms with Crippen LogP contribution in [0.3, 0.4) is 0 Å². The highest BCUT2D eigenvalue weighted by Gasteiger charge is 2.04. The number of halogens is 1. The Balaban J connectivity index is 1.87. The van der Waals surface area contributed by atoms with Crippen LogP contribution in [-0.4, -0.2) is 18.4 Å². The van der Waals surface area contributed by atoms with Crippen LogP contribution in [0.4, 0.5) is 17.1 Å². The first-order valence-electron chi connectivity index (χ1n) is 6.70. The summed E-state index contributed by atoms with van der Waals surface area (Å²) >= 11 is 6.00. The fourth-order valence-corrected chi connectivity index (χ4v) is 2.03. The van der Waals surface area contributed by atoms with Crippen LogP contribution < -0.4 is 16.0 Å². The predicted molar refractivity (Wildman–Crippen MR) is 89.3 cm³/mol. The Kier molecular flexibility index (Phi) is 5.38. The number of carbonyl (C=O) groups is 2. The van der Waals surface area contributed by atoms with Crippen LogP contribution in [0.5, 0.6) is 0 Å². The highest BCUT2D eigenvalue weighted by atomic mass is 35.5. The lowest BCUT2D eigenvalue weighted by Crippen LogP contribution is -2.21. The molecule has 0 atom stereocenters. The molecule has 0 radical (unpaired) electrons. The van der Waals surface area contributed by atoms with Crippen molar-refractivity contribution in [1.29, 1.82) is 0 Å². The first-order chi connectivity index (χ1) is 10.5.